The van der Waals surface area contributed by atoms with Gasteiger partial charge in [0.1, 0.15) is 0 Å². The number of carbonyl (C=O) groups is 1. The third-order valence-electron chi connectivity index (χ3n) is 0.996. The lowest BCUT2D eigenvalue weighted by molar-refractivity contribution is -0.126. The van der Waals surface area contributed by atoms with Gasteiger partial charge in [0.05, 0.1) is 0 Å². The van der Waals surface area contributed by atoms with Gasteiger partial charge in [-0.3, -0.25) is 4.79 Å². The highest BCUT2D eigenvalue weighted by atomic mass is 16.4. The van der Waals surface area contributed by atoms with Gasteiger partial charge in [-0.15, -0.1) is 10.2 Å². The Morgan fingerprint density at radius 2 is 2.60 bits per heavy atom. The van der Waals surface area contributed by atoms with Crippen molar-refractivity contribution in [2.75, 3.05) is 0 Å². The van der Waals surface area contributed by atoms with E-state index < -0.39 is 11.9 Å². The second-order valence-corrected chi connectivity index (χ2v) is 1.79. The fourth-order valence-corrected chi connectivity index (χ4v) is 0.475. The van der Waals surface area contributed by atoms with E-state index in [0.717, 1.165) is 6.39 Å². The molecule has 0 saturated carbocycles. The fraction of sp³-hybridized carbons (Fsp3) is 0.400. The summed E-state index contributed by atoms with van der Waals surface area (Å²) in [6, 6.07) is 0. The first-order valence-electron chi connectivity index (χ1n) is 2.66. The normalized spacial score (nSPS) is 13.0. The number of Topliss-reactive ketones (excluding diaryl/α,β-unsaturated/α-hetero) is 1. The second-order valence-electron chi connectivity index (χ2n) is 1.79. The summed E-state index contributed by atoms with van der Waals surface area (Å²) in [6.07, 6.45) is -0.218. The molecular weight excluding hydrogens is 136 g/mol. The van der Waals surface area contributed by atoms with Gasteiger partial charge < -0.3 is 9.52 Å². The number of carbonyl (C=O) groups excluding carboxylic acids is 1. The van der Waals surface area contributed by atoms with Gasteiger partial charge in [-0.25, -0.2) is 0 Å². The molecule has 0 saturated heterocycles. The summed E-state index contributed by atoms with van der Waals surface area (Å²) in [4.78, 5) is 10.5. The summed E-state index contributed by atoms with van der Waals surface area (Å²) in [5, 5.41) is 15.6. The van der Waals surface area contributed by atoms with Crippen LogP contribution < -0.4 is 0 Å². The first-order chi connectivity index (χ1) is 4.72. The highest BCUT2D eigenvalue weighted by Crippen LogP contribution is 2.08. The molecule has 0 aliphatic heterocycles. The van der Waals surface area contributed by atoms with E-state index in [2.05, 4.69) is 14.6 Å². The Balaban J connectivity index is 2.77. The van der Waals surface area contributed by atoms with Crippen molar-refractivity contribution in [3.05, 3.63) is 12.3 Å². The lowest BCUT2D eigenvalue weighted by Crippen LogP contribution is -2.07. The quantitative estimate of drug-likeness (QED) is 0.613. The van der Waals surface area contributed by atoms with Crippen LogP contribution in [0.25, 0.3) is 0 Å². The molecule has 54 valence electrons. The van der Waals surface area contributed by atoms with Gasteiger partial charge in [-0.1, -0.05) is 0 Å². The van der Waals surface area contributed by atoms with E-state index in [-0.39, 0.29) is 5.89 Å². The molecule has 0 amide bonds. The fourth-order valence-electron chi connectivity index (χ4n) is 0.475. The first kappa shape index (κ1) is 6.88. The lowest BCUT2D eigenvalue weighted by atomic mass is 10.2. The van der Waals surface area contributed by atoms with E-state index in [0.29, 0.717) is 0 Å². The Bertz CT molecular complexity index is 219. The van der Waals surface area contributed by atoms with E-state index >= 15 is 0 Å². The molecule has 0 spiro atoms. The second kappa shape index (κ2) is 2.57. The van der Waals surface area contributed by atoms with Crippen molar-refractivity contribution in [1.82, 2.24) is 10.2 Å². The molecule has 0 aromatic carbocycles. The Labute approximate surface area is 56.7 Å². The Kier molecular flexibility index (Phi) is 1.77. The van der Waals surface area contributed by atoms with Gasteiger partial charge in [0.15, 0.2) is 11.9 Å². The topological polar surface area (TPSA) is 76.2 Å². The van der Waals surface area contributed by atoms with Crippen LogP contribution in [0.4, 0.5) is 0 Å². The summed E-state index contributed by atoms with van der Waals surface area (Å²) in [5.41, 5.74) is 0. The minimum absolute atomic E-state index is 0.0625. The third-order valence-corrected chi connectivity index (χ3v) is 0.996. The first-order valence-corrected chi connectivity index (χ1v) is 2.66. The van der Waals surface area contributed by atoms with E-state index in [1.165, 1.54) is 6.92 Å². The number of aliphatic hydroxyl groups is 1. The molecule has 5 nitrogen and oxygen atoms in total. The molecule has 1 atom stereocenters. The standard InChI is InChI=1S/C5H6N2O3/c1-3(8)4(9)5-7-6-2-10-5/h2,4,9H,1H3. The van der Waals surface area contributed by atoms with Crippen LogP contribution in [-0.2, 0) is 4.79 Å². The Morgan fingerprint density at radius 1 is 1.90 bits per heavy atom. The zero-order valence-corrected chi connectivity index (χ0v) is 5.31. The van der Waals surface area contributed by atoms with Crippen molar-refractivity contribution in [3.8, 4) is 0 Å². The molecule has 0 radical (unpaired) electrons. The van der Waals surface area contributed by atoms with Crippen LogP contribution in [0, 0.1) is 0 Å². The number of ketones is 1. The van der Waals surface area contributed by atoms with Crippen LogP contribution in [0.5, 0.6) is 0 Å². The molecule has 1 N–H and O–H groups in total. The smallest absolute Gasteiger partial charge is 0.252 e. The van der Waals surface area contributed by atoms with Crippen LogP contribution >= 0.6 is 0 Å². The molecule has 1 unspecified atom stereocenters. The molecule has 0 bridgehead atoms. The van der Waals surface area contributed by atoms with Gasteiger partial charge >= 0.3 is 0 Å². The maximum atomic E-state index is 10.5. The van der Waals surface area contributed by atoms with Crippen LogP contribution in [0.2, 0.25) is 0 Å². The summed E-state index contributed by atoms with van der Waals surface area (Å²) in [5.74, 6) is -0.475. The van der Waals surface area contributed by atoms with Gasteiger partial charge in [0, 0.05) is 0 Å². The van der Waals surface area contributed by atoms with Gasteiger partial charge in [-0.2, -0.15) is 0 Å². The van der Waals surface area contributed by atoms with Crippen molar-refractivity contribution in [2.24, 2.45) is 0 Å². The van der Waals surface area contributed by atoms with Gasteiger partial charge in [0.25, 0.3) is 5.89 Å². The zero-order valence-electron chi connectivity index (χ0n) is 5.31. The average molecular weight is 142 g/mol. The molecule has 1 aromatic rings. The summed E-state index contributed by atoms with van der Waals surface area (Å²) >= 11 is 0. The third kappa shape index (κ3) is 1.19. The molecule has 0 aliphatic carbocycles. The zero-order chi connectivity index (χ0) is 7.56. The Morgan fingerprint density at radius 3 is 3.00 bits per heavy atom. The molecule has 1 rings (SSSR count). The van der Waals surface area contributed by atoms with Crippen LogP contribution in [0.3, 0.4) is 0 Å². The number of hydrogen-bond acceptors (Lipinski definition) is 5. The summed E-state index contributed by atoms with van der Waals surface area (Å²) in [7, 11) is 0. The van der Waals surface area contributed by atoms with E-state index in [1.807, 2.05) is 0 Å². The minimum atomic E-state index is -1.28. The van der Waals surface area contributed by atoms with Gasteiger partial charge in [-0.05, 0) is 6.92 Å². The van der Waals surface area contributed by atoms with E-state index in [9.17, 15) is 4.79 Å². The predicted octanol–water partition coefficient (Wildman–Crippen LogP) is -0.308. The largest absolute Gasteiger partial charge is 0.425 e. The molecule has 10 heavy (non-hydrogen) atoms. The molecule has 1 aromatic heterocycles. The van der Waals surface area contributed by atoms with Crippen LogP contribution in [0.1, 0.15) is 18.9 Å². The number of aromatic nitrogens is 2. The van der Waals surface area contributed by atoms with Crippen molar-refractivity contribution >= 4 is 5.78 Å². The summed E-state index contributed by atoms with van der Waals surface area (Å²) in [6.45, 7) is 1.24. The number of aliphatic hydroxyl groups excluding tert-OH is 1. The minimum Gasteiger partial charge on any atom is -0.425 e. The van der Waals surface area contributed by atoms with Gasteiger partial charge in [0.2, 0.25) is 6.39 Å². The van der Waals surface area contributed by atoms with Crippen molar-refractivity contribution < 1.29 is 14.3 Å². The molecule has 1 heterocycles. The Hall–Kier alpha value is -1.23. The highest BCUT2D eigenvalue weighted by Gasteiger charge is 2.17. The molecule has 0 aliphatic rings. The monoisotopic (exact) mass is 142 g/mol. The number of rotatable bonds is 2. The SMILES string of the molecule is CC(=O)C(O)c1nnco1. The van der Waals surface area contributed by atoms with Crippen LogP contribution in [-0.4, -0.2) is 21.1 Å². The molecular formula is C5H6N2O3. The number of nitrogens with zero attached hydrogens (tertiary/aromatic N) is 2. The maximum Gasteiger partial charge on any atom is 0.252 e. The molecule has 0 fully saturated rings. The van der Waals surface area contributed by atoms with Crippen molar-refractivity contribution in [3.63, 3.8) is 0 Å². The van der Waals surface area contributed by atoms with Crippen molar-refractivity contribution in [2.45, 2.75) is 13.0 Å². The van der Waals surface area contributed by atoms with E-state index in [4.69, 9.17) is 5.11 Å². The van der Waals surface area contributed by atoms with Crippen LogP contribution in [0.15, 0.2) is 10.8 Å². The highest BCUT2D eigenvalue weighted by molar-refractivity contribution is 5.80. The summed E-state index contributed by atoms with van der Waals surface area (Å²) < 4.78 is 4.56. The van der Waals surface area contributed by atoms with E-state index in [1.54, 1.807) is 0 Å². The molecule has 5 heteroatoms. The lowest BCUT2D eigenvalue weighted by Gasteiger charge is -1.96. The predicted molar refractivity (Wildman–Crippen MR) is 29.9 cm³/mol. The average Bonchev–Trinajstić information content (AvgIpc) is 2.36. The maximum absolute atomic E-state index is 10.5. The van der Waals surface area contributed by atoms with Crippen molar-refractivity contribution in [1.29, 1.82) is 0 Å². The number of hydrogen-bond donors (Lipinski definition) is 1.